The highest BCUT2D eigenvalue weighted by Crippen LogP contribution is 1.96. The van der Waals surface area contributed by atoms with Gasteiger partial charge in [-0.05, 0) is 13.3 Å². The van der Waals surface area contributed by atoms with E-state index >= 15 is 0 Å². The lowest BCUT2D eigenvalue weighted by Crippen LogP contribution is -2.53. The van der Waals surface area contributed by atoms with E-state index in [2.05, 4.69) is 24.5 Å². The van der Waals surface area contributed by atoms with Gasteiger partial charge in [-0.15, -0.1) is 24.8 Å². The molecule has 0 aliphatic carbocycles. The summed E-state index contributed by atoms with van der Waals surface area (Å²) in [6.07, 6.45) is 1.23. The van der Waals surface area contributed by atoms with Gasteiger partial charge < -0.3 is 10.6 Å². The molecule has 11 heavy (non-hydrogen) atoms. The van der Waals surface area contributed by atoms with Crippen molar-refractivity contribution in [1.82, 2.24) is 10.6 Å². The van der Waals surface area contributed by atoms with Crippen LogP contribution in [0.5, 0.6) is 0 Å². The van der Waals surface area contributed by atoms with Crippen molar-refractivity contribution in [2.75, 3.05) is 13.1 Å². The Morgan fingerprint density at radius 2 is 1.91 bits per heavy atom. The molecular weight excluding hydrogens is 183 g/mol. The molecule has 2 N–H and O–H groups in total. The van der Waals surface area contributed by atoms with Gasteiger partial charge in [0, 0.05) is 25.2 Å². The minimum atomic E-state index is 0. The molecule has 1 aliphatic rings. The van der Waals surface area contributed by atoms with E-state index in [-0.39, 0.29) is 24.8 Å². The molecule has 1 rings (SSSR count). The summed E-state index contributed by atoms with van der Waals surface area (Å²) < 4.78 is 0. The molecule has 2 atom stereocenters. The number of piperazine rings is 1. The van der Waals surface area contributed by atoms with Gasteiger partial charge in [0.1, 0.15) is 0 Å². The van der Waals surface area contributed by atoms with Crippen LogP contribution in [0.2, 0.25) is 0 Å². The summed E-state index contributed by atoms with van der Waals surface area (Å²) in [5.74, 6) is 0. The summed E-state index contributed by atoms with van der Waals surface area (Å²) in [7, 11) is 0. The zero-order chi connectivity index (χ0) is 6.69. The van der Waals surface area contributed by atoms with Crippen LogP contribution in [0.1, 0.15) is 20.3 Å². The normalized spacial score (nSPS) is 30.0. The summed E-state index contributed by atoms with van der Waals surface area (Å²) in [6.45, 7) is 6.70. The minimum Gasteiger partial charge on any atom is -0.314 e. The van der Waals surface area contributed by atoms with Crippen LogP contribution in [0.4, 0.5) is 0 Å². The second-order valence-electron chi connectivity index (χ2n) is 2.83. The smallest absolute Gasteiger partial charge is 0.0192 e. The average molecular weight is 201 g/mol. The van der Waals surface area contributed by atoms with Crippen molar-refractivity contribution in [3.8, 4) is 0 Å². The maximum atomic E-state index is 3.50. The Balaban J connectivity index is 0. The molecule has 0 bridgehead atoms. The first kappa shape index (κ1) is 14.0. The van der Waals surface area contributed by atoms with Crippen LogP contribution >= 0.6 is 24.8 Å². The lowest BCUT2D eigenvalue weighted by molar-refractivity contribution is 0.347. The van der Waals surface area contributed by atoms with Gasteiger partial charge in [-0.2, -0.15) is 0 Å². The van der Waals surface area contributed by atoms with Crippen molar-refractivity contribution in [3.05, 3.63) is 0 Å². The molecule has 1 heterocycles. The predicted molar refractivity (Wildman–Crippen MR) is 54.0 cm³/mol. The van der Waals surface area contributed by atoms with E-state index < -0.39 is 0 Å². The van der Waals surface area contributed by atoms with Crippen LogP contribution in [-0.4, -0.2) is 25.2 Å². The Morgan fingerprint density at radius 1 is 1.27 bits per heavy atom. The highest BCUT2D eigenvalue weighted by Gasteiger charge is 2.14. The third-order valence-electron chi connectivity index (χ3n) is 1.85. The van der Waals surface area contributed by atoms with Crippen molar-refractivity contribution >= 4 is 24.8 Å². The zero-order valence-electron chi connectivity index (χ0n) is 7.09. The number of hydrogen-bond donors (Lipinski definition) is 2. The van der Waals surface area contributed by atoms with Crippen LogP contribution in [-0.2, 0) is 0 Å². The first-order valence-electron chi connectivity index (χ1n) is 3.79. The van der Waals surface area contributed by atoms with Crippen molar-refractivity contribution in [2.24, 2.45) is 0 Å². The molecule has 0 unspecified atom stereocenters. The zero-order valence-corrected chi connectivity index (χ0v) is 8.73. The fourth-order valence-electron chi connectivity index (χ4n) is 1.26. The van der Waals surface area contributed by atoms with E-state index in [4.69, 9.17) is 0 Å². The number of hydrogen-bond acceptors (Lipinski definition) is 2. The van der Waals surface area contributed by atoms with Gasteiger partial charge >= 0.3 is 0 Å². The van der Waals surface area contributed by atoms with Gasteiger partial charge in [-0.3, -0.25) is 0 Å². The summed E-state index contributed by atoms with van der Waals surface area (Å²) >= 11 is 0. The van der Waals surface area contributed by atoms with Gasteiger partial charge in [0.05, 0.1) is 0 Å². The lowest BCUT2D eigenvalue weighted by Gasteiger charge is -2.28. The summed E-state index contributed by atoms with van der Waals surface area (Å²) in [5.41, 5.74) is 0. The quantitative estimate of drug-likeness (QED) is 0.665. The van der Waals surface area contributed by atoms with Gasteiger partial charge in [0.15, 0.2) is 0 Å². The lowest BCUT2D eigenvalue weighted by atomic mass is 10.1. The highest BCUT2D eigenvalue weighted by atomic mass is 35.5. The molecule has 0 aromatic heterocycles. The third-order valence-corrected chi connectivity index (χ3v) is 1.85. The van der Waals surface area contributed by atoms with Crippen molar-refractivity contribution in [1.29, 1.82) is 0 Å². The number of halogens is 2. The van der Waals surface area contributed by atoms with E-state index in [1.807, 2.05) is 0 Å². The van der Waals surface area contributed by atoms with Crippen LogP contribution in [0, 0.1) is 0 Å². The van der Waals surface area contributed by atoms with Crippen LogP contribution in [0.25, 0.3) is 0 Å². The van der Waals surface area contributed by atoms with Gasteiger partial charge in [0.2, 0.25) is 0 Å². The molecule has 0 aromatic rings. The maximum absolute atomic E-state index is 3.50. The Bertz CT molecular complexity index is 90.5. The SMILES string of the molecule is CC[C@H]1CNC[C@@H](C)N1.Cl.Cl. The van der Waals surface area contributed by atoms with Crippen molar-refractivity contribution < 1.29 is 0 Å². The van der Waals surface area contributed by atoms with Gasteiger partial charge in [0.25, 0.3) is 0 Å². The van der Waals surface area contributed by atoms with Gasteiger partial charge in [-0.25, -0.2) is 0 Å². The molecule has 70 valence electrons. The van der Waals surface area contributed by atoms with E-state index in [1.165, 1.54) is 6.42 Å². The Morgan fingerprint density at radius 3 is 2.27 bits per heavy atom. The summed E-state index contributed by atoms with van der Waals surface area (Å²) in [4.78, 5) is 0. The monoisotopic (exact) mass is 200 g/mol. The highest BCUT2D eigenvalue weighted by molar-refractivity contribution is 5.85. The second-order valence-corrected chi connectivity index (χ2v) is 2.83. The summed E-state index contributed by atoms with van der Waals surface area (Å²) in [5, 5.41) is 6.88. The van der Waals surface area contributed by atoms with Crippen LogP contribution in [0.3, 0.4) is 0 Å². The van der Waals surface area contributed by atoms with Crippen molar-refractivity contribution in [2.45, 2.75) is 32.4 Å². The standard InChI is InChI=1S/C7H16N2.2ClH/c1-3-7-5-8-4-6(2)9-7;;/h6-9H,3-5H2,1-2H3;2*1H/t6-,7+;;/m1../s1. The molecular formula is C7H18Cl2N2. The maximum Gasteiger partial charge on any atom is 0.0192 e. The Kier molecular flexibility index (Phi) is 9.15. The fraction of sp³-hybridized carbons (Fsp3) is 1.00. The first-order chi connectivity index (χ1) is 4.33. The van der Waals surface area contributed by atoms with Crippen molar-refractivity contribution in [3.63, 3.8) is 0 Å². The molecule has 2 nitrogen and oxygen atoms in total. The topological polar surface area (TPSA) is 24.1 Å². The Hall–Kier alpha value is 0.500. The van der Waals surface area contributed by atoms with Gasteiger partial charge in [-0.1, -0.05) is 6.92 Å². The molecule has 0 spiro atoms. The fourth-order valence-corrected chi connectivity index (χ4v) is 1.26. The number of rotatable bonds is 1. The molecule has 1 saturated heterocycles. The van der Waals surface area contributed by atoms with E-state index in [0.717, 1.165) is 13.1 Å². The van der Waals surface area contributed by atoms with Crippen LogP contribution in [0.15, 0.2) is 0 Å². The Labute approximate surface area is 81.3 Å². The summed E-state index contributed by atoms with van der Waals surface area (Å²) in [6, 6.07) is 1.36. The van der Waals surface area contributed by atoms with Crippen LogP contribution < -0.4 is 10.6 Å². The minimum absolute atomic E-state index is 0. The third kappa shape index (κ3) is 4.86. The largest absolute Gasteiger partial charge is 0.314 e. The molecule has 4 heteroatoms. The number of nitrogens with one attached hydrogen (secondary N) is 2. The molecule has 0 saturated carbocycles. The second kappa shape index (κ2) is 7.17. The van der Waals surface area contributed by atoms with E-state index in [9.17, 15) is 0 Å². The van der Waals surface area contributed by atoms with E-state index in [1.54, 1.807) is 0 Å². The average Bonchev–Trinajstić information content (AvgIpc) is 1.88. The molecule has 0 amide bonds. The molecule has 0 aromatic carbocycles. The van der Waals surface area contributed by atoms with E-state index in [0.29, 0.717) is 12.1 Å². The first-order valence-corrected chi connectivity index (χ1v) is 3.79. The predicted octanol–water partition coefficient (Wildman–Crippen LogP) is 1.19. The molecule has 1 fully saturated rings. The molecule has 1 aliphatic heterocycles. The molecule has 0 radical (unpaired) electrons.